The molecule has 1 aliphatic rings. The minimum Gasteiger partial charge on any atom is -0.317 e. The summed E-state index contributed by atoms with van der Waals surface area (Å²) in [7, 11) is 6.44. The van der Waals surface area contributed by atoms with E-state index in [0.29, 0.717) is 0 Å². The van der Waals surface area contributed by atoms with Gasteiger partial charge in [0.15, 0.2) is 0 Å². The van der Waals surface area contributed by atoms with Gasteiger partial charge in [-0.25, -0.2) is 0 Å². The smallest absolute Gasteiger partial charge is 0.0104 e. The van der Waals surface area contributed by atoms with Crippen LogP contribution in [0.1, 0.15) is 25.7 Å². The van der Waals surface area contributed by atoms with Gasteiger partial charge in [0.1, 0.15) is 0 Å². The molecule has 0 aliphatic heterocycles. The van der Waals surface area contributed by atoms with Crippen molar-refractivity contribution >= 4 is 0 Å². The topological polar surface area (TPSA) is 15.3 Å². The summed E-state index contributed by atoms with van der Waals surface area (Å²) in [4.78, 5) is 2.35. The minimum absolute atomic E-state index is 0.760. The Kier molecular flexibility index (Phi) is 3.34. The van der Waals surface area contributed by atoms with Gasteiger partial charge in [-0.05, 0) is 40.4 Å². The third-order valence-corrected chi connectivity index (χ3v) is 2.79. The van der Waals surface area contributed by atoms with E-state index in [1.807, 2.05) is 0 Å². The highest BCUT2D eigenvalue weighted by Gasteiger charge is 2.21. The van der Waals surface area contributed by atoms with E-state index in [1.54, 1.807) is 0 Å². The average molecular weight is 156 g/mol. The van der Waals surface area contributed by atoms with Crippen LogP contribution in [0.25, 0.3) is 0 Å². The summed E-state index contributed by atoms with van der Waals surface area (Å²) in [6.45, 7) is 0. The summed E-state index contributed by atoms with van der Waals surface area (Å²) in [6, 6.07) is 1.57. The highest BCUT2D eigenvalue weighted by atomic mass is 15.1. The Morgan fingerprint density at radius 3 is 2.55 bits per heavy atom. The minimum atomic E-state index is 0.760. The van der Waals surface area contributed by atoms with Crippen molar-refractivity contribution < 1.29 is 0 Å². The normalized spacial score (nSPS) is 32.7. The Bertz CT molecular complexity index is 112. The van der Waals surface area contributed by atoms with Gasteiger partial charge in [-0.15, -0.1) is 0 Å². The predicted molar refractivity (Wildman–Crippen MR) is 48.8 cm³/mol. The summed E-state index contributed by atoms with van der Waals surface area (Å²) in [5, 5.41) is 3.36. The van der Waals surface area contributed by atoms with Crippen LogP contribution in [0.4, 0.5) is 0 Å². The maximum Gasteiger partial charge on any atom is 0.0104 e. The molecular formula is C9H20N2. The highest BCUT2D eigenvalue weighted by molar-refractivity contribution is 4.80. The number of rotatable bonds is 2. The largest absolute Gasteiger partial charge is 0.317 e. The van der Waals surface area contributed by atoms with E-state index < -0.39 is 0 Å². The van der Waals surface area contributed by atoms with E-state index in [-0.39, 0.29) is 0 Å². The first-order valence-electron chi connectivity index (χ1n) is 4.57. The van der Waals surface area contributed by atoms with E-state index in [9.17, 15) is 0 Å². The molecule has 2 heteroatoms. The van der Waals surface area contributed by atoms with Crippen LogP contribution in [0.5, 0.6) is 0 Å². The van der Waals surface area contributed by atoms with Crippen LogP contribution < -0.4 is 5.32 Å². The lowest BCUT2D eigenvalue weighted by molar-refractivity contribution is 0.203. The van der Waals surface area contributed by atoms with Gasteiger partial charge in [0.25, 0.3) is 0 Å². The Hall–Kier alpha value is -0.0800. The summed E-state index contributed by atoms with van der Waals surface area (Å²) in [6.07, 6.45) is 5.45. The van der Waals surface area contributed by atoms with Gasteiger partial charge >= 0.3 is 0 Å². The SMILES string of the molecule is CN[C@H]1CCC[C@@H](N(C)C)C1. The molecule has 0 unspecified atom stereocenters. The van der Waals surface area contributed by atoms with Crippen molar-refractivity contribution in [2.24, 2.45) is 0 Å². The van der Waals surface area contributed by atoms with Gasteiger partial charge in [0.05, 0.1) is 0 Å². The predicted octanol–water partition coefficient (Wildman–Crippen LogP) is 1.08. The van der Waals surface area contributed by atoms with Crippen molar-refractivity contribution in [1.29, 1.82) is 0 Å². The molecule has 2 nitrogen and oxygen atoms in total. The quantitative estimate of drug-likeness (QED) is 0.643. The number of nitrogens with one attached hydrogen (secondary N) is 1. The second-order valence-corrected chi connectivity index (χ2v) is 3.77. The fourth-order valence-corrected chi connectivity index (χ4v) is 1.90. The van der Waals surface area contributed by atoms with Crippen LogP contribution >= 0.6 is 0 Å². The Morgan fingerprint density at radius 1 is 1.27 bits per heavy atom. The van der Waals surface area contributed by atoms with Crippen molar-refractivity contribution in [3.05, 3.63) is 0 Å². The van der Waals surface area contributed by atoms with Gasteiger partial charge in [-0.3, -0.25) is 0 Å². The monoisotopic (exact) mass is 156 g/mol. The molecule has 0 aromatic carbocycles. The molecule has 1 saturated carbocycles. The van der Waals surface area contributed by atoms with E-state index in [0.717, 1.165) is 12.1 Å². The lowest BCUT2D eigenvalue weighted by Gasteiger charge is -2.33. The Labute approximate surface area is 70.0 Å². The molecule has 2 atom stereocenters. The lowest BCUT2D eigenvalue weighted by Crippen LogP contribution is -2.40. The standard InChI is InChI=1S/C9H20N2/c1-10-8-5-4-6-9(7-8)11(2)3/h8-10H,4-7H2,1-3H3/t8-,9+/m0/s1. The maximum absolute atomic E-state index is 3.36. The van der Waals surface area contributed by atoms with Crippen LogP contribution in [0.2, 0.25) is 0 Å². The van der Waals surface area contributed by atoms with E-state index >= 15 is 0 Å². The van der Waals surface area contributed by atoms with Crippen molar-refractivity contribution in [2.45, 2.75) is 37.8 Å². The molecule has 1 fully saturated rings. The highest BCUT2D eigenvalue weighted by Crippen LogP contribution is 2.20. The molecule has 0 aromatic heterocycles. The molecule has 0 saturated heterocycles. The lowest BCUT2D eigenvalue weighted by atomic mass is 9.90. The summed E-state index contributed by atoms with van der Waals surface area (Å²) < 4.78 is 0. The van der Waals surface area contributed by atoms with Crippen LogP contribution in [-0.2, 0) is 0 Å². The molecule has 0 bridgehead atoms. The Balaban J connectivity index is 2.33. The first-order valence-corrected chi connectivity index (χ1v) is 4.57. The van der Waals surface area contributed by atoms with E-state index in [1.165, 1.54) is 25.7 Å². The fourth-order valence-electron chi connectivity index (χ4n) is 1.90. The van der Waals surface area contributed by atoms with E-state index in [2.05, 4.69) is 31.4 Å². The van der Waals surface area contributed by atoms with Crippen LogP contribution in [0.15, 0.2) is 0 Å². The molecule has 0 aromatic rings. The second-order valence-electron chi connectivity index (χ2n) is 3.77. The number of hydrogen-bond acceptors (Lipinski definition) is 2. The third kappa shape index (κ3) is 2.46. The van der Waals surface area contributed by atoms with Gasteiger partial charge in [-0.1, -0.05) is 6.42 Å². The Morgan fingerprint density at radius 2 is 2.00 bits per heavy atom. The second kappa shape index (κ2) is 4.07. The van der Waals surface area contributed by atoms with Crippen LogP contribution in [-0.4, -0.2) is 38.1 Å². The average Bonchev–Trinajstić information content (AvgIpc) is 2.05. The molecule has 0 amide bonds. The molecule has 11 heavy (non-hydrogen) atoms. The molecule has 0 radical (unpaired) electrons. The molecule has 1 aliphatic carbocycles. The van der Waals surface area contributed by atoms with Crippen molar-refractivity contribution in [3.63, 3.8) is 0 Å². The zero-order chi connectivity index (χ0) is 8.27. The fraction of sp³-hybridized carbons (Fsp3) is 1.00. The molecule has 1 N–H and O–H groups in total. The zero-order valence-electron chi connectivity index (χ0n) is 7.93. The summed E-state index contributed by atoms with van der Waals surface area (Å²) in [5.74, 6) is 0. The molecular weight excluding hydrogens is 136 g/mol. The molecule has 0 spiro atoms. The van der Waals surface area contributed by atoms with Crippen molar-refractivity contribution in [2.75, 3.05) is 21.1 Å². The van der Waals surface area contributed by atoms with Gasteiger partial charge in [0, 0.05) is 12.1 Å². The molecule has 1 rings (SSSR count). The number of hydrogen-bond donors (Lipinski definition) is 1. The van der Waals surface area contributed by atoms with Gasteiger partial charge < -0.3 is 10.2 Å². The van der Waals surface area contributed by atoms with Gasteiger partial charge in [0.2, 0.25) is 0 Å². The van der Waals surface area contributed by atoms with Crippen molar-refractivity contribution in [3.8, 4) is 0 Å². The first-order chi connectivity index (χ1) is 5.24. The van der Waals surface area contributed by atoms with E-state index in [4.69, 9.17) is 0 Å². The molecule has 66 valence electrons. The third-order valence-electron chi connectivity index (χ3n) is 2.79. The zero-order valence-corrected chi connectivity index (χ0v) is 7.93. The van der Waals surface area contributed by atoms with Gasteiger partial charge in [-0.2, -0.15) is 0 Å². The summed E-state index contributed by atoms with van der Waals surface area (Å²) >= 11 is 0. The van der Waals surface area contributed by atoms with Crippen LogP contribution in [0, 0.1) is 0 Å². The molecule has 0 heterocycles. The van der Waals surface area contributed by atoms with Crippen LogP contribution in [0.3, 0.4) is 0 Å². The first kappa shape index (κ1) is 9.01. The van der Waals surface area contributed by atoms with Crippen molar-refractivity contribution in [1.82, 2.24) is 10.2 Å². The number of nitrogens with zero attached hydrogens (tertiary/aromatic N) is 1. The maximum atomic E-state index is 3.36. The summed E-state index contributed by atoms with van der Waals surface area (Å²) in [5.41, 5.74) is 0.